The SMILES string of the molecule is CCOc1ccc(S(=O)(=O)NCCC(=O)NCc2ccc(OCC3CCCO3)cc2)cc1. The molecule has 0 radical (unpaired) electrons. The van der Waals surface area contributed by atoms with Gasteiger partial charge in [0.25, 0.3) is 0 Å². The van der Waals surface area contributed by atoms with E-state index in [1.165, 1.54) is 12.1 Å². The van der Waals surface area contributed by atoms with Crippen molar-refractivity contribution in [2.75, 3.05) is 26.4 Å². The van der Waals surface area contributed by atoms with Crippen molar-refractivity contribution in [3.05, 3.63) is 54.1 Å². The molecule has 2 aromatic rings. The standard InChI is InChI=1S/C23H30N2O6S/c1-2-29-19-9-11-22(12-10-19)32(27,28)25-14-13-23(26)24-16-18-5-7-20(8-6-18)31-17-21-4-3-15-30-21/h5-12,21,25H,2-4,13-17H2,1H3,(H,24,26). The fourth-order valence-electron chi connectivity index (χ4n) is 3.22. The number of sulfonamides is 1. The first-order valence-electron chi connectivity index (χ1n) is 10.8. The van der Waals surface area contributed by atoms with Crippen molar-refractivity contribution in [3.8, 4) is 11.5 Å². The highest BCUT2D eigenvalue weighted by Crippen LogP contribution is 2.17. The van der Waals surface area contributed by atoms with Crippen molar-refractivity contribution in [2.45, 2.75) is 43.7 Å². The van der Waals surface area contributed by atoms with Crippen LogP contribution in [-0.4, -0.2) is 46.8 Å². The van der Waals surface area contributed by atoms with E-state index >= 15 is 0 Å². The molecule has 3 rings (SSSR count). The quantitative estimate of drug-likeness (QED) is 0.503. The third kappa shape index (κ3) is 7.51. The summed E-state index contributed by atoms with van der Waals surface area (Å²) in [6.07, 6.45) is 2.32. The van der Waals surface area contributed by atoms with Crippen LogP contribution in [0.4, 0.5) is 0 Å². The van der Waals surface area contributed by atoms with E-state index < -0.39 is 10.0 Å². The van der Waals surface area contributed by atoms with Crippen LogP contribution in [0, 0.1) is 0 Å². The second-order valence-electron chi connectivity index (χ2n) is 7.42. The molecule has 1 aliphatic rings. The Labute approximate surface area is 189 Å². The van der Waals surface area contributed by atoms with Gasteiger partial charge >= 0.3 is 0 Å². The molecule has 9 heteroatoms. The Kier molecular flexibility index (Phi) is 8.90. The largest absolute Gasteiger partial charge is 0.494 e. The minimum absolute atomic E-state index is 0.0113. The minimum atomic E-state index is -3.68. The molecule has 174 valence electrons. The monoisotopic (exact) mass is 462 g/mol. The van der Waals surface area contributed by atoms with Crippen LogP contribution in [-0.2, 0) is 26.1 Å². The van der Waals surface area contributed by atoms with Gasteiger partial charge in [-0.3, -0.25) is 4.79 Å². The molecule has 0 saturated carbocycles. The van der Waals surface area contributed by atoms with Crippen LogP contribution < -0.4 is 19.5 Å². The highest BCUT2D eigenvalue weighted by Gasteiger charge is 2.16. The molecule has 8 nitrogen and oxygen atoms in total. The molecule has 2 N–H and O–H groups in total. The molecule has 0 aromatic heterocycles. The van der Waals surface area contributed by atoms with Gasteiger partial charge in [0.15, 0.2) is 0 Å². The van der Waals surface area contributed by atoms with Crippen molar-refractivity contribution in [2.24, 2.45) is 0 Å². The number of nitrogens with one attached hydrogen (secondary N) is 2. The third-order valence-corrected chi connectivity index (χ3v) is 6.44. The van der Waals surface area contributed by atoms with Gasteiger partial charge < -0.3 is 19.5 Å². The zero-order valence-electron chi connectivity index (χ0n) is 18.2. The molecular formula is C23H30N2O6S. The summed E-state index contributed by atoms with van der Waals surface area (Å²) >= 11 is 0. The molecule has 1 amide bonds. The smallest absolute Gasteiger partial charge is 0.240 e. The van der Waals surface area contributed by atoms with E-state index in [1.54, 1.807) is 12.1 Å². The Hall–Kier alpha value is -2.62. The second kappa shape index (κ2) is 11.8. The fourth-order valence-corrected chi connectivity index (χ4v) is 4.25. The van der Waals surface area contributed by atoms with Gasteiger partial charge in [0.2, 0.25) is 15.9 Å². The van der Waals surface area contributed by atoms with Gasteiger partial charge in [-0.25, -0.2) is 13.1 Å². The first-order valence-corrected chi connectivity index (χ1v) is 12.3. The number of rotatable bonds is 12. The van der Waals surface area contributed by atoms with Crippen molar-refractivity contribution in [3.63, 3.8) is 0 Å². The normalized spacial score (nSPS) is 16.0. The lowest BCUT2D eigenvalue weighted by Crippen LogP contribution is -2.30. The highest BCUT2D eigenvalue weighted by molar-refractivity contribution is 7.89. The summed E-state index contributed by atoms with van der Waals surface area (Å²) in [5.74, 6) is 1.13. The predicted molar refractivity (Wildman–Crippen MR) is 120 cm³/mol. The Bertz CT molecular complexity index is 955. The lowest BCUT2D eigenvalue weighted by Gasteiger charge is -2.12. The van der Waals surface area contributed by atoms with E-state index in [-0.39, 0.29) is 29.9 Å². The number of benzene rings is 2. The second-order valence-corrected chi connectivity index (χ2v) is 9.19. The van der Waals surface area contributed by atoms with Crippen LogP contribution in [0.25, 0.3) is 0 Å². The molecule has 1 unspecified atom stereocenters. The van der Waals surface area contributed by atoms with Gasteiger partial charge in [-0.2, -0.15) is 0 Å². The Balaban J connectivity index is 1.36. The van der Waals surface area contributed by atoms with E-state index in [0.717, 1.165) is 30.8 Å². The maximum Gasteiger partial charge on any atom is 0.240 e. The van der Waals surface area contributed by atoms with Crippen LogP contribution in [0.5, 0.6) is 11.5 Å². The van der Waals surface area contributed by atoms with E-state index in [9.17, 15) is 13.2 Å². The molecule has 0 aliphatic carbocycles. The van der Waals surface area contributed by atoms with Crippen LogP contribution >= 0.6 is 0 Å². The van der Waals surface area contributed by atoms with Gasteiger partial charge in [-0.1, -0.05) is 12.1 Å². The molecule has 2 aromatic carbocycles. The third-order valence-electron chi connectivity index (χ3n) is 4.96. The number of hydrogen-bond donors (Lipinski definition) is 2. The highest BCUT2D eigenvalue weighted by atomic mass is 32.2. The topological polar surface area (TPSA) is 103 Å². The van der Waals surface area contributed by atoms with Gasteiger partial charge in [0.05, 0.1) is 17.6 Å². The van der Waals surface area contributed by atoms with Gasteiger partial charge in [-0.15, -0.1) is 0 Å². The molecule has 32 heavy (non-hydrogen) atoms. The average molecular weight is 463 g/mol. The molecule has 1 atom stereocenters. The first kappa shape index (κ1) is 24.0. The van der Waals surface area contributed by atoms with Crippen LogP contribution in [0.3, 0.4) is 0 Å². The fraction of sp³-hybridized carbons (Fsp3) is 0.435. The summed E-state index contributed by atoms with van der Waals surface area (Å²) in [5.41, 5.74) is 0.929. The number of carbonyl (C=O) groups excluding carboxylic acids is 1. The molecule has 1 fully saturated rings. The van der Waals surface area contributed by atoms with E-state index in [0.29, 0.717) is 25.5 Å². The number of amides is 1. The maximum atomic E-state index is 12.3. The van der Waals surface area contributed by atoms with Gasteiger partial charge in [-0.05, 0) is 61.7 Å². The number of ether oxygens (including phenoxy) is 3. The van der Waals surface area contributed by atoms with Crippen LogP contribution in [0.2, 0.25) is 0 Å². The predicted octanol–water partition coefficient (Wildman–Crippen LogP) is 2.63. The minimum Gasteiger partial charge on any atom is -0.494 e. The van der Waals surface area contributed by atoms with Crippen molar-refractivity contribution < 1.29 is 27.4 Å². The molecule has 1 aliphatic heterocycles. The summed E-state index contributed by atoms with van der Waals surface area (Å²) < 4.78 is 43.7. The molecule has 1 heterocycles. The molecular weight excluding hydrogens is 432 g/mol. The summed E-state index contributed by atoms with van der Waals surface area (Å²) in [6.45, 7) is 4.08. The molecule has 0 bridgehead atoms. The van der Waals surface area contributed by atoms with E-state index in [1.807, 2.05) is 31.2 Å². The summed E-state index contributed by atoms with van der Waals surface area (Å²) in [6, 6.07) is 13.7. The molecule has 1 saturated heterocycles. The lowest BCUT2D eigenvalue weighted by molar-refractivity contribution is -0.121. The number of carbonyl (C=O) groups is 1. The Morgan fingerprint density at radius 2 is 1.75 bits per heavy atom. The molecule has 0 spiro atoms. The van der Waals surface area contributed by atoms with Gasteiger partial charge in [0.1, 0.15) is 18.1 Å². The van der Waals surface area contributed by atoms with E-state index in [2.05, 4.69) is 10.0 Å². The zero-order valence-corrected chi connectivity index (χ0v) is 19.0. The lowest BCUT2D eigenvalue weighted by atomic mass is 10.2. The van der Waals surface area contributed by atoms with Gasteiger partial charge in [0, 0.05) is 26.1 Å². The first-order chi connectivity index (χ1) is 15.5. The van der Waals surface area contributed by atoms with Crippen molar-refractivity contribution in [1.29, 1.82) is 0 Å². The zero-order chi connectivity index (χ0) is 22.8. The van der Waals surface area contributed by atoms with Crippen molar-refractivity contribution in [1.82, 2.24) is 10.0 Å². The summed E-state index contributed by atoms with van der Waals surface area (Å²) in [4.78, 5) is 12.2. The van der Waals surface area contributed by atoms with Crippen LogP contribution in [0.15, 0.2) is 53.4 Å². The van der Waals surface area contributed by atoms with E-state index in [4.69, 9.17) is 14.2 Å². The Morgan fingerprint density at radius 1 is 1.06 bits per heavy atom. The average Bonchev–Trinajstić information content (AvgIpc) is 3.31. The number of hydrogen-bond acceptors (Lipinski definition) is 6. The van der Waals surface area contributed by atoms with Crippen molar-refractivity contribution >= 4 is 15.9 Å². The van der Waals surface area contributed by atoms with Crippen LogP contribution in [0.1, 0.15) is 31.7 Å². The summed E-state index contributed by atoms with van der Waals surface area (Å²) in [7, 11) is -3.68. The Morgan fingerprint density at radius 3 is 2.41 bits per heavy atom. The summed E-state index contributed by atoms with van der Waals surface area (Å²) in [5, 5.41) is 2.79. The maximum absolute atomic E-state index is 12.3.